The molecule has 2 rings (SSSR count). The summed E-state index contributed by atoms with van der Waals surface area (Å²) < 4.78 is 10.7. The van der Waals surface area contributed by atoms with Gasteiger partial charge in [0.25, 0.3) is 0 Å². The summed E-state index contributed by atoms with van der Waals surface area (Å²) in [6.45, 7) is 6.05. The van der Waals surface area contributed by atoms with Crippen LogP contribution in [-0.4, -0.2) is 20.8 Å². The van der Waals surface area contributed by atoms with Crippen molar-refractivity contribution in [3.63, 3.8) is 0 Å². The number of nitrogens with one attached hydrogen (secondary N) is 1. The van der Waals surface area contributed by atoms with Crippen molar-refractivity contribution in [2.75, 3.05) is 20.8 Å². The van der Waals surface area contributed by atoms with Crippen molar-refractivity contribution in [1.82, 2.24) is 5.32 Å². The van der Waals surface area contributed by atoms with Gasteiger partial charge in [-0.25, -0.2) is 0 Å². The van der Waals surface area contributed by atoms with Crippen LogP contribution in [0.3, 0.4) is 0 Å². The Bertz CT molecular complexity index is 608. The van der Waals surface area contributed by atoms with Gasteiger partial charge in [0.05, 0.1) is 14.2 Å². The Morgan fingerprint density at radius 2 is 1.71 bits per heavy atom. The first-order valence-electron chi connectivity index (χ1n) is 7.22. The van der Waals surface area contributed by atoms with E-state index in [4.69, 9.17) is 9.47 Å². The maximum atomic E-state index is 5.41. The molecule has 0 aromatic heterocycles. The minimum atomic E-state index is 0.752. The van der Waals surface area contributed by atoms with Crippen molar-refractivity contribution in [3.8, 4) is 22.6 Å². The van der Waals surface area contributed by atoms with Gasteiger partial charge in [-0.3, -0.25) is 0 Å². The van der Waals surface area contributed by atoms with Gasteiger partial charge in [-0.2, -0.15) is 0 Å². The average Bonchev–Trinajstić information content (AvgIpc) is 2.53. The minimum Gasteiger partial charge on any atom is -0.493 e. The van der Waals surface area contributed by atoms with Gasteiger partial charge in [0, 0.05) is 6.54 Å². The zero-order valence-electron chi connectivity index (χ0n) is 13.2. The number of benzene rings is 2. The van der Waals surface area contributed by atoms with Crippen LogP contribution in [0.15, 0.2) is 36.4 Å². The molecule has 0 fully saturated rings. The molecule has 3 heteroatoms. The molecule has 0 aliphatic heterocycles. The van der Waals surface area contributed by atoms with Gasteiger partial charge in [0.15, 0.2) is 11.5 Å². The van der Waals surface area contributed by atoms with E-state index in [1.165, 1.54) is 16.7 Å². The van der Waals surface area contributed by atoms with Crippen LogP contribution in [0.1, 0.15) is 18.1 Å². The van der Waals surface area contributed by atoms with E-state index in [9.17, 15) is 0 Å². The maximum Gasteiger partial charge on any atom is 0.161 e. The van der Waals surface area contributed by atoms with Gasteiger partial charge >= 0.3 is 0 Å². The monoisotopic (exact) mass is 285 g/mol. The summed E-state index contributed by atoms with van der Waals surface area (Å²) in [4.78, 5) is 0. The molecule has 21 heavy (non-hydrogen) atoms. The molecule has 112 valence electrons. The average molecular weight is 285 g/mol. The molecule has 0 aliphatic rings. The van der Waals surface area contributed by atoms with E-state index in [-0.39, 0.29) is 0 Å². The van der Waals surface area contributed by atoms with Crippen molar-refractivity contribution in [2.24, 2.45) is 0 Å². The molecule has 0 saturated carbocycles. The van der Waals surface area contributed by atoms with Crippen molar-refractivity contribution in [2.45, 2.75) is 20.4 Å². The fourth-order valence-electron chi connectivity index (χ4n) is 2.38. The van der Waals surface area contributed by atoms with Crippen LogP contribution in [0, 0.1) is 6.92 Å². The highest BCUT2D eigenvalue weighted by Gasteiger charge is 2.09. The molecule has 0 radical (unpaired) electrons. The van der Waals surface area contributed by atoms with Gasteiger partial charge < -0.3 is 14.8 Å². The fraction of sp³-hybridized carbons (Fsp3) is 0.333. The molecule has 0 amide bonds. The van der Waals surface area contributed by atoms with Gasteiger partial charge in [-0.05, 0) is 42.3 Å². The lowest BCUT2D eigenvalue weighted by atomic mass is 9.97. The van der Waals surface area contributed by atoms with Crippen molar-refractivity contribution >= 4 is 0 Å². The second-order valence-corrected chi connectivity index (χ2v) is 5.01. The Morgan fingerprint density at radius 1 is 0.952 bits per heavy atom. The highest BCUT2D eigenvalue weighted by Crippen LogP contribution is 2.34. The van der Waals surface area contributed by atoms with Gasteiger partial charge in [-0.1, -0.05) is 36.8 Å². The molecule has 2 aromatic rings. The van der Waals surface area contributed by atoms with E-state index in [1.807, 2.05) is 12.1 Å². The maximum absolute atomic E-state index is 5.41. The summed E-state index contributed by atoms with van der Waals surface area (Å²) in [5.41, 5.74) is 4.91. The van der Waals surface area contributed by atoms with Crippen molar-refractivity contribution in [3.05, 3.63) is 47.5 Å². The fourth-order valence-corrected chi connectivity index (χ4v) is 2.38. The Morgan fingerprint density at radius 3 is 2.38 bits per heavy atom. The largest absolute Gasteiger partial charge is 0.493 e. The molecule has 0 bridgehead atoms. The molecule has 0 atom stereocenters. The van der Waals surface area contributed by atoms with Gasteiger partial charge in [0.2, 0.25) is 0 Å². The molecule has 1 N–H and O–H groups in total. The second-order valence-electron chi connectivity index (χ2n) is 5.01. The number of aryl methyl sites for hydroxylation is 1. The first-order valence-corrected chi connectivity index (χ1v) is 7.22. The van der Waals surface area contributed by atoms with E-state index in [2.05, 4.69) is 43.4 Å². The molecule has 0 saturated heterocycles. The highest BCUT2D eigenvalue weighted by molar-refractivity contribution is 5.71. The summed E-state index contributed by atoms with van der Waals surface area (Å²) in [5.74, 6) is 1.51. The Kier molecular flexibility index (Phi) is 5.23. The van der Waals surface area contributed by atoms with Gasteiger partial charge in [-0.15, -0.1) is 0 Å². The number of rotatable bonds is 6. The lowest BCUT2D eigenvalue weighted by Gasteiger charge is -2.14. The number of methoxy groups -OCH3 is 2. The molecule has 0 heterocycles. The van der Waals surface area contributed by atoms with E-state index >= 15 is 0 Å². The molecular weight excluding hydrogens is 262 g/mol. The first kappa shape index (κ1) is 15.4. The van der Waals surface area contributed by atoms with Crippen LogP contribution >= 0.6 is 0 Å². The van der Waals surface area contributed by atoms with E-state index in [1.54, 1.807) is 14.2 Å². The highest BCUT2D eigenvalue weighted by atomic mass is 16.5. The van der Waals surface area contributed by atoms with E-state index in [0.717, 1.165) is 30.2 Å². The summed E-state index contributed by atoms with van der Waals surface area (Å²) in [6, 6.07) is 12.6. The molecule has 3 nitrogen and oxygen atoms in total. The third-order valence-electron chi connectivity index (χ3n) is 3.53. The van der Waals surface area contributed by atoms with Gasteiger partial charge in [0.1, 0.15) is 0 Å². The van der Waals surface area contributed by atoms with E-state index in [0.29, 0.717) is 0 Å². The Balaban J connectivity index is 2.47. The third-order valence-corrected chi connectivity index (χ3v) is 3.53. The van der Waals surface area contributed by atoms with Crippen LogP contribution in [-0.2, 0) is 6.54 Å². The van der Waals surface area contributed by atoms with Crippen molar-refractivity contribution in [1.29, 1.82) is 0 Å². The molecule has 0 unspecified atom stereocenters. The van der Waals surface area contributed by atoms with Crippen LogP contribution < -0.4 is 14.8 Å². The quantitative estimate of drug-likeness (QED) is 0.876. The lowest BCUT2D eigenvalue weighted by Crippen LogP contribution is -2.12. The predicted molar refractivity (Wildman–Crippen MR) is 87.1 cm³/mol. The standard InChI is InChI=1S/C18H23NO2/c1-5-19-12-15-7-6-13(2)10-16(15)14-8-9-17(20-3)18(11-14)21-4/h6-11,19H,5,12H2,1-4H3. The SMILES string of the molecule is CCNCc1ccc(C)cc1-c1ccc(OC)c(OC)c1. The topological polar surface area (TPSA) is 30.5 Å². The third kappa shape index (κ3) is 3.56. The molecular formula is C18H23NO2. The zero-order valence-corrected chi connectivity index (χ0v) is 13.2. The van der Waals surface area contributed by atoms with Crippen LogP contribution in [0.5, 0.6) is 11.5 Å². The molecule has 0 spiro atoms. The summed E-state index contributed by atoms with van der Waals surface area (Å²) in [7, 11) is 3.32. The zero-order chi connectivity index (χ0) is 15.2. The summed E-state index contributed by atoms with van der Waals surface area (Å²) in [5, 5.41) is 3.39. The Hall–Kier alpha value is -2.00. The number of hydrogen-bond acceptors (Lipinski definition) is 3. The molecule has 2 aromatic carbocycles. The predicted octanol–water partition coefficient (Wildman–Crippen LogP) is 3.79. The lowest BCUT2D eigenvalue weighted by molar-refractivity contribution is 0.355. The van der Waals surface area contributed by atoms with Crippen LogP contribution in [0.2, 0.25) is 0 Å². The number of hydrogen-bond donors (Lipinski definition) is 1. The minimum absolute atomic E-state index is 0.752. The van der Waals surface area contributed by atoms with E-state index < -0.39 is 0 Å². The number of ether oxygens (including phenoxy) is 2. The Labute approximate surface area is 126 Å². The summed E-state index contributed by atoms with van der Waals surface area (Å²) in [6.07, 6.45) is 0. The van der Waals surface area contributed by atoms with Crippen LogP contribution in [0.4, 0.5) is 0 Å². The van der Waals surface area contributed by atoms with Crippen molar-refractivity contribution < 1.29 is 9.47 Å². The second kappa shape index (κ2) is 7.14. The smallest absolute Gasteiger partial charge is 0.161 e. The van der Waals surface area contributed by atoms with Crippen LogP contribution in [0.25, 0.3) is 11.1 Å². The first-order chi connectivity index (χ1) is 10.2. The molecule has 0 aliphatic carbocycles. The normalized spacial score (nSPS) is 10.5. The summed E-state index contributed by atoms with van der Waals surface area (Å²) >= 11 is 0.